The van der Waals surface area contributed by atoms with Crippen LogP contribution in [0.1, 0.15) is 5.69 Å². The molecule has 1 rings (SSSR count). The molecule has 1 heterocycles. The van der Waals surface area contributed by atoms with Crippen molar-refractivity contribution in [1.29, 1.82) is 0 Å². The second-order valence-electron chi connectivity index (χ2n) is 2.15. The first-order chi connectivity index (χ1) is 5.84. The number of nitrogens with zero attached hydrogens (tertiary/aromatic N) is 2. The normalized spacial score (nSPS) is 9.08. The molecule has 0 aliphatic rings. The molecule has 3 nitrogen and oxygen atoms in total. The minimum absolute atomic E-state index is 0.234. The fourth-order valence-corrected chi connectivity index (χ4v) is 0.810. The Bertz CT molecular complexity index is 308. The van der Waals surface area contributed by atoms with Crippen LogP contribution in [0.25, 0.3) is 0 Å². The smallest absolute Gasteiger partial charge is 0.234 e. The molecule has 62 valence electrons. The molecule has 1 aromatic rings. The third-order valence-corrected chi connectivity index (χ3v) is 1.36. The van der Waals surface area contributed by atoms with Gasteiger partial charge >= 0.3 is 0 Å². The number of hydrogen-bond acceptors (Lipinski definition) is 3. The van der Waals surface area contributed by atoms with Crippen molar-refractivity contribution in [1.82, 2.24) is 4.98 Å². The summed E-state index contributed by atoms with van der Waals surface area (Å²) in [7, 11) is 0. The van der Waals surface area contributed by atoms with E-state index in [1.807, 2.05) is 0 Å². The van der Waals surface area contributed by atoms with Gasteiger partial charge in [0.2, 0.25) is 6.08 Å². The highest BCUT2D eigenvalue weighted by Crippen LogP contribution is 2.02. The molecule has 0 atom stereocenters. The average molecular weight is 166 g/mol. The van der Waals surface area contributed by atoms with Crippen LogP contribution >= 0.6 is 0 Å². The molecule has 0 aliphatic carbocycles. The second-order valence-corrected chi connectivity index (χ2v) is 2.15. The molecule has 0 N–H and O–H groups in total. The van der Waals surface area contributed by atoms with E-state index in [9.17, 15) is 9.18 Å². The molecular weight excluding hydrogens is 159 g/mol. The molecule has 12 heavy (non-hydrogen) atoms. The van der Waals surface area contributed by atoms with Gasteiger partial charge in [-0.2, -0.15) is 0 Å². The van der Waals surface area contributed by atoms with E-state index in [0.717, 1.165) is 0 Å². The Balaban J connectivity index is 2.62. The lowest BCUT2D eigenvalue weighted by atomic mass is 10.2. The maximum absolute atomic E-state index is 12.8. The Morgan fingerprint density at radius 2 is 2.50 bits per heavy atom. The topological polar surface area (TPSA) is 42.3 Å². The van der Waals surface area contributed by atoms with Crippen molar-refractivity contribution < 1.29 is 9.18 Å². The van der Waals surface area contributed by atoms with Crippen LogP contribution in [0.5, 0.6) is 0 Å². The van der Waals surface area contributed by atoms with Crippen LogP contribution in [-0.4, -0.2) is 17.6 Å². The van der Waals surface area contributed by atoms with E-state index < -0.39 is 0 Å². The van der Waals surface area contributed by atoms with Gasteiger partial charge in [0, 0.05) is 12.6 Å². The summed E-state index contributed by atoms with van der Waals surface area (Å²) in [5, 5.41) is 0. The van der Waals surface area contributed by atoms with Crippen LogP contribution in [-0.2, 0) is 11.2 Å². The van der Waals surface area contributed by atoms with Gasteiger partial charge in [0.15, 0.2) is 0 Å². The summed E-state index contributed by atoms with van der Waals surface area (Å²) in [5.74, 6) is -0.362. The molecule has 0 spiro atoms. The SMILES string of the molecule is O=C=NCCc1ncccc1F. The van der Waals surface area contributed by atoms with Crippen molar-refractivity contribution in [2.45, 2.75) is 6.42 Å². The average Bonchev–Trinajstić information content (AvgIpc) is 2.09. The third-order valence-electron chi connectivity index (χ3n) is 1.36. The Morgan fingerprint density at radius 1 is 1.67 bits per heavy atom. The first-order valence-electron chi connectivity index (χ1n) is 3.47. The summed E-state index contributed by atoms with van der Waals surface area (Å²) in [4.78, 5) is 16.8. The summed E-state index contributed by atoms with van der Waals surface area (Å²) in [6, 6.07) is 2.84. The van der Waals surface area contributed by atoms with Gasteiger partial charge in [0.05, 0.1) is 12.2 Å². The number of halogens is 1. The number of pyridine rings is 1. The molecule has 0 fully saturated rings. The van der Waals surface area contributed by atoms with Crippen LogP contribution < -0.4 is 0 Å². The van der Waals surface area contributed by atoms with Crippen molar-refractivity contribution in [3.8, 4) is 0 Å². The van der Waals surface area contributed by atoms with Crippen LogP contribution in [0.3, 0.4) is 0 Å². The van der Waals surface area contributed by atoms with Gasteiger partial charge in [-0.1, -0.05) is 0 Å². The lowest BCUT2D eigenvalue weighted by molar-refractivity contribution is 0.561. The minimum atomic E-state index is -0.362. The highest BCUT2D eigenvalue weighted by molar-refractivity contribution is 5.32. The Labute approximate surface area is 69.0 Å². The number of hydrogen-bond donors (Lipinski definition) is 0. The predicted octanol–water partition coefficient (Wildman–Crippen LogP) is 1.10. The summed E-state index contributed by atoms with van der Waals surface area (Å²) >= 11 is 0. The number of aromatic nitrogens is 1. The van der Waals surface area contributed by atoms with Crippen molar-refractivity contribution in [3.05, 3.63) is 29.8 Å². The molecule has 0 saturated carbocycles. The summed E-state index contributed by atoms with van der Waals surface area (Å²) in [6.45, 7) is 0.234. The number of isocyanates is 1. The van der Waals surface area contributed by atoms with Gasteiger partial charge in [0.25, 0.3) is 0 Å². The van der Waals surface area contributed by atoms with E-state index in [1.165, 1.54) is 24.4 Å². The quantitative estimate of drug-likeness (QED) is 0.498. The van der Waals surface area contributed by atoms with Crippen molar-refractivity contribution in [2.75, 3.05) is 6.54 Å². The maximum atomic E-state index is 12.8. The standard InChI is InChI=1S/C8H7FN2O/c9-7-2-1-4-11-8(7)3-5-10-6-12/h1-2,4H,3,5H2. The molecule has 0 amide bonds. The van der Waals surface area contributed by atoms with Gasteiger partial charge in [-0.25, -0.2) is 14.2 Å². The van der Waals surface area contributed by atoms with E-state index in [4.69, 9.17) is 0 Å². The van der Waals surface area contributed by atoms with Gasteiger partial charge in [0.1, 0.15) is 5.82 Å². The summed E-state index contributed by atoms with van der Waals surface area (Å²) in [6.07, 6.45) is 3.22. The van der Waals surface area contributed by atoms with Crippen molar-refractivity contribution in [2.24, 2.45) is 4.99 Å². The highest BCUT2D eigenvalue weighted by Gasteiger charge is 1.99. The van der Waals surface area contributed by atoms with Crippen molar-refractivity contribution >= 4 is 6.08 Å². The first kappa shape index (κ1) is 8.56. The molecule has 4 heteroatoms. The fraction of sp³-hybridized carbons (Fsp3) is 0.250. The maximum Gasteiger partial charge on any atom is 0.234 e. The summed E-state index contributed by atoms with van der Waals surface area (Å²) in [5.41, 5.74) is 0.330. The zero-order valence-electron chi connectivity index (χ0n) is 6.33. The largest absolute Gasteiger partial charge is 0.258 e. The van der Waals surface area contributed by atoms with Crippen LogP contribution in [0.4, 0.5) is 4.39 Å². The van der Waals surface area contributed by atoms with E-state index in [1.54, 1.807) is 0 Å². The van der Waals surface area contributed by atoms with Gasteiger partial charge < -0.3 is 0 Å². The molecular formula is C8H7FN2O. The molecule has 0 aromatic carbocycles. The minimum Gasteiger partial charge on any atom is -0.258 e. The lowest BCUT2D eigenvalue weighted by Gasteiger charge is -1.96. The first-order valence-corrected chi connectivity index (χ1v) is 3.47. The van der Waals surface area contributed by atoms with E-state index >= 15 is 0 Å². The number of rotatable bonds is 3. The van der Waals surface area contributed by atoms with Gasteiger partial charge in [-0.05, 0) is 12.1 Å². The second kappa shape index (κ2) is 4.36. The third kappa shape index (κ3) is 2.25. The molecule has 0 unspecified atom stereocenters. The summed E-state index contributed by atoms with van der Waals surface area (Å²) < 4.78 is 12.8. The van der Waals surface area contributed by atoms with Crippen LogP contribution in [0.2, 0.25) is 0 Å². The molecule has 0 bridgehead atoms. The predicted molar refractivity (Wildman–Crippen MR) is 40.9 cm³/mol. The van der Waals surface area contributed by atoms with Crippen LogP contribution in [0, 0.1) is 5.82 Å². The molecule has 0 radical (unpaired) electrons. The fourth-order valence-electron chi connectivity index (χ4n) is 0.810. The van der Waals surface area contributed by atoms with E-state index in [2.05, 4.69) is 9.98 Å². The number of aliphatic imine (C=N–C) groups is 1. The Morgan fingerprint density at radius 3 is 3.17 bits per heavy atom. The van der Waals surface area contributed by atoms with E-state index in [-0.39, 0.29) is 12.4 Å². The molecule has 1 aromatic heterocycles. The Kier molecular flexibility index (Phi) is 3.11. The highest BCUT2D eigenvalue weighted by atomic mass is 19.1. The lowest BCUT2D eigenvalue weighted by Crippen LogP contribution is -1.96. The zero-order chi connectivity index (χ0) is 8.81. The molecule has 0 saturated heterocycles. The van der Waals surface area contributed by atoms with Gasteiger partial charge in [-0.3, -0.25) is 4.98 Å². The monoisotopic (exact) mass is 166 g/mol. The molecule has 0 aliphatic heterocycles. The van der Waals surface area contributed by atoms with Crippen molar-refractivity contribution in [3.63, 3.8) is 0 Å². The zero-order valence-corrected chi connectivity index (χ0v) is 6.33. The Hall–Kier alpha value is -1.54. The number of carbonyl (C=O) groups excluding carboxylic acids is 1. The van der Waals surface area contributed by atoms with Crippen LogP contribution in [0.15, 0.2) is 23.3 Å². The van der Waals surface area contributed by atoms with Gasteiger partial charge in [-0.15, -0.1) is 0 Å². The van der Waals surface area contributed by atoms with E-state index in [0.29, 0.717) is 12.1 Å².